The number of hydrogen-bond acceptors (Lipinski definition) is 7. The second-order valence-electron chi connectivity index (χ2n) is 7.71. The van der Waals surface area contributed by atoms with Crippen molar-refractivity contribution in [2.75, 3.05) is 18.5 Å². The third kappa shape index (κ3) is 3.92. The number of aromatic nitrogens is 2. The third-order valence-electron chi connectivity index (χ3n) is 5.55. The molecule has 5 rings (SSSR count). The topological polar surface area (TPSA) is 98.6 Å². The lowest BCUT2D eigenvalue weighted by molar-refractivity contribution is -0.119. The highest BCUT2D eigenvalue weighted by Gasteiger charge is 2.34. The third-order valence-corrected chi connectivity index (χ3v) is 8.26. The van der Waals surface area contributed by atoms with E-state index in [1.165, 1.54) is 11.3 Å². The molecule has 0 spiro atoms. The number of carbonyl (C=O) groups is 1. The number of anilines is 2. The van der Waals surface area contributed by atoms with Gasteiger partial charge in [0.1, 0.15) is 5.82 Å². The molecule has 4 heterocycles. The molecule has 7 nitrogen and oxygen atoms in total. The average molecular weight is 477 g/mol. The standard InChI is InChI=1S/C21H21ClN4O3S2/c1-23-19(27)9-12-2-3-16-13(8-12)6-7-26(16)21-14-10-31(28,29)11-15(14)24-20(25-21)17-4-5-18(22)30-17/h2-5,8,28-29H,6-7,9-11H2,1H3,(H,23,27). The largest absolute Gasteiger partial charge is 0.359 e. The van der Waals surface area contributed by atoms with E-state index in [1.54, 1.807) is 7.05 Å². The Morgan fingerprint density at radius 2 is 2.10 bits per heavy atom. The fourth-order valence-corrected chi connectivity index (χ4v) is 6.63. The fraction of sp³-hybridized carbons (Fsp3) is 0.286. The molecule has 3 N–H and O–H groups in total. The van der Waals surface area contributed by atoms with Crippen molar-refractivity contribution in [1.82, 2.24) is 15.3 Å². The Bertz CT molecular complexity index is 1200. The molecule has 0 saturated heterocycles. The highest BCUT2D eigenvalue weighted by molar-refractivity contribution is 8.23. The SMILES string of the molecule is CNC(=O)Cc1ccc2c(c1)CCN2c1nc(-c2ccc(Cl)s2)nc2c1CS(O)(O)C2. The zero-order valence-corrected chi connectivity index (χ0v) is 19.1. The number of fused-ring (bicyclic) bond motifs is 2. The maximum atomic E-state index is 11.7. The average Bonchev–Trinajstić information content (AvgIpc) is 3.42. The Kier molecular flexibility index (Phi) is 5.18. The van der Waals surface area contributed by atoms with Gasteiger partial charge in [-0.1, -0.05) is 23.7 Å². The van der Waals surface area contributed by atoms with Crippen molar-refractivity contribution in [2.45, 2.75) is 24.3 Å². The van der Waals surface area contributed by atoms with Crippen LogP contribution in [0, 0.1) is 0 Å². The van der Waals surface area contributed by atoms with Gasteiger partial charge in [0, 0.05) is 24.8 Å². The van der Waals surface area contributed by atoms with Crippen molar-refractivity contribution >= 4 is 50.9 Å². The van der Waals surface area contributed by atoms with Gasteiger partial charge in [-0.2, -0.15) is 10.6 Å². The molecule has 0 fully saturated rings. The monoisotopic (exact) mass is 476 g/mol. The number of nitrogens with zero attached hydrogens (tertiary/aromatic N) is 3. The van der Waals surface area contributed by atoms with Crippen LogP contribution in [0.3, 0.4) is 0 Å². The predicted octanol–water partition coefficient (Wildman–Crippen LogP) is 4.61. The highest BCUT2D eigenvalue weighted by atomic mass is 35.5. The number of thiophene rings is 1. The normalized spacial score (nSPS) is 17.4. The lowest BCUT2D eigenvalue weighted by Gasteiger charge is -2.25. The molecule has 0 unspecified atom stereocenters. The van der Waals surface area contributed by atoms with Crippen LogP contribution in [0.5, 0.6) is 0 Å². The number of likely N-dealkylation sites (N-methyl/N-ethyl adjacent to an activating group) is 1. The molecule has 1 aromatic carbocycles. The van der Waals surface area contributed by atoms with Crippen LogP contribution in [0.15, 0.2) is 30.3 Å². The summed E-state index contributed by atoms with van der Waals surface area (Å²) in [6.07, 6.45) is 1.17. The summed E-state index contributed by atoms with van der Waals surface area (Å²) in [5.74, 6) is 1.57. The van der Waals surface area contributed by atoms with Gasteiger partial charge >= 0.3 is 0 Å². The maximum Gasteiger partial charge on any atom is 0.224 e. The molecule has 0 atom stereocenters. The van der Waals surface area contributed by atoms with E-state index in [4.69, 9.17) is 16.6 Å². The second-order valence-corrected chi connectivity index (χ2v) is 11.6. The van der Waals surface area contributed by atoms with E-state index < -0.39 is 10.6 Å². The minimum atomic E-state index is -2.75. The van der Waals surface area contributed by atoms with Crippen LogP contribution in [0.25, 0.3) is 10.7 Å². The van der Waals surface area contributed by atoms with Crippen LogP contribution in [0.4, 0.5) is 11.5 Å². The molecular formula is C21H21ClN4O3S2. The van der Waals surface area contributed by atoms with E-state index in [9.17, 15) is 13.9 Å². The van der Waals surface area contributed by atoms with Crippen LogP contribution >= 0.6 is 33.5 Å². The first-order valence-corrected chi connectivity index (χ1v) is 12.9. The van der Waals surface area contributed by atoms with Crippen molar-refractivity contribution < 1.29 is 13.9 Å². The molecule has 3 aromatic rings. The number of halogens is 1. The van der Waals surface area contributed by atoms with E-state index in [0.29, 0.717) is 22.3 Å². The number of amides is 1. The smallest absolute Gasteiger partial charge is 0.224 e. The number of carbonyl (C=O) groups excluding carboxylic acids is 1. The molecule has 0 radical (unpaired) electrons. The summed E-state index contributed by atoms with van der Waals surface area (Å²) >= 11 is 7.51. The summed E-state index contributed by atoms with van der Waals surface area (Å²) in [4.78, 5) is 24.2. The van der Waals surface area contributed by atoms with E-state index in [0.717, 1.165) is 46.0 Å². The molecule has 2 aliphatic rings. The molecule has 10 heteroatoms. The fourth-order valence-electron chi connectivity index (χ4n) is 4.11. The van der Waals surface area contributed by atoms with Crippen LogP contribution in [0.2, 0.25) is 4.34 Å². The summed E-state index contributed by atoms with van der Waals surface area (Å²) in [7, 11) is -1.11. The molecule has 0 saturated carbocycles. The number of nitrogens with one attached hydrogen (secondary N) is 1. The van der Waals surface area contributed by atoms with Gasteiger partial charge in [-0.25, -0.2) is 9.97 Å². The molecule has 0 bridgehead atoms. The van der Waals surface area contributed by atoms with Crippen molar-refractivity contribution in [1.29, 1.82) is 0 Å². The summed E-state index contributed by atoms with van der Waals surface area (Å²) in [5.41, 5.74) is 4.64. The summed E-state index contributed by atoms with van der Waals surface area (Å²) < 4.78 is 21.4. The van der Waals surface area contributed by atoms with Crippen molar-refractivity contribution in [3.8, 4) is 10.7 Å². The van der Waals surface area contributed by atoms with Crippen molar-refractivity contribution in [2.24, 2.45) is 0 Å². The number of benzene rings is 1. The summed E-state index contributed by atoms with van der Waals surface area (Å²) in [6.45, 7) is 0.728. The molecule has 162 valence electrons. The van der Waals surface area contributed by atoms with Gasteiger partial charge in [0.15, 0.2) is 5.82 Å². The first kappa shape index (κ1) is 20.7. The lowest BCUT2D eigenvalue weighted by atomic mass is 10.1. The second kappa shape index (κ2) is 7.75. The Morgan fingerprint density at radius 3 is 2.84 bits per heavy atom. The van der Waals surface area contributed by atoms with Crippen LogP contribution in [0.1, 0.15) is 22.4 Å². The minimum Gasteiger partial charge on any atom is -0.359 e. The van der Waals surface area contributed by atoms with Gasteiger partial charge < -0.3 is 10.2 Å². The van der Waals surface area contributed by atoms with E-state index in [-0.39, 0.29) is 17.4 Å². The highest BCUT2D eigenvalue weighted by Crippen LogP contribution is 2.55. The van der Waals surface area contributed by atoms with Gasteiger partial charge in [0.2, 0.25) is 5.91 Å². The van der Waals surface area contributed by atoms with E-state index in [1.807, 2.05) is 24.3 Å². The molecule has 0 aliphatic carbocycles. The van der Waals surface area contributed by atoms with Crippen molar-refractivity contribution in [3.05, 3.63) is 57.1 Å². The number of rotatable bonds is 4. The Hall–Kier alpha value is -2.17. The quantitative estimate of drug-likeness (QED) is 0.508. The minimum absolute atomic E-state index is 0.0205. The summed E-state index contributed by atoms with van der Waals surface area (Å²) in [6, 6.07) is 9.74. The van der Waals surface area contributed by atoms with Gasteiger partial charge in [-0.15, -0.1) is 11.3 Å². The first-order valence-electron chi connectivity index (χ1n) is 9.82. The first-order chi connectivity index (χ1) is 14.8. The van der Waals surface area contributed by atoms with Crippen LogP contribution in [-0.4, -0.2) is 38.6 Å². The van der Waals surface area contributed by atoms with E-state index in [2.05, 4.69) is 21.3 Å². The Balaban J connectivity index is 1.57. The maximum absolute atomic E-state index is 11.7. The van der Waals surface area contributed by atoms with Crippen molar-refractivity contribution in [3.63, 3.8) is 0 Å². The lowest BCUT2D eigenvalue weighted by Crippen LogP contribution is -2.20. The molecule has 1 amide bonds. The van der Waals surface area contributed by atoms with Crippen LogP contribution < -0.4 is 10.2 Å². The molecule has 31 heavy (non-hydrogen) atoms. The molecule has 2 aliphatic heterocycles. The van der Waals surface area contributed by atoms with Gasteiger partial charge in [-0.3, -0.25) is 13.9 Å². The molecule has 2 aromatic heterocycles. The van der Waals surface area contributed by atoms with E-state index >= 15 is 0 Å². The Labute approximate surface area is 190 Å². The zero-order chi connectivity index (χ0) is 21.8. The van der Waals surface area contributed by atoms with Crippen LogP contribution in [-0.2, 0) is 29.1 Å². The van der Waals surface area contributed by atoms with Gasteiger partial charge in [0.05, 0.1) is 32.8 Å². The van der Waals surface area contributed by atoms with Gasteiger partial charge in [-0.05, 0) is 35.7 Å². The molecular weight excluding hydrogens is 456 g/mol. The summed E-state index contributed by atoms with van der Waals surface area (Å²) in [5, 5.41) is 2.66. The van der Waals surface area contributed by atoms with Gasteiger partial charge in [0.25, 0.3) is 0 Å². The zero-order valence-electron chi connectivity index (χ0n) is 16.8. The number of hydrogen-bond donors (Lipinski definition) is 3. The Morgan fingerprint density at radius 1 is 1.26 bits per heavy atom. The predicted molar refractivity (Wildman–Crippen MR) is 126 cm³/mol.